The predicted octanol–water partition coefficient (Wildman–Crippen LogP) is 4.27. The van der Waals surface area contributed by atoms with Gasteiger partial charge in [-0.2, -0.15) is 0 Å². The van der Waals surface area contributed by atoms with Gasteiger partial charge in [-0.05, 0) is 68.3 Å². The molecule has 1 amide bonds. The highest BCUT2D eigenvalue weighted by molar-refractivity contribution is 5.94. The van der Waals surface area contributed by atoms with Crippen LogP contribution in [-0.4, -0.2) is 18.6 Å². The van der Waals surface area contributed by atoms with Crippen LogP contribution in [0.3, 0.4) is 0 Å². The Balaban J connectivity index is 1.93. The van der Waals surface area contributed by atoms with E-state index < -0.39 is 6.10 Å². The second kappa shape index (κ2) is 8.20. The molecule has 0 radical (unpaired) electrons. The first-order chi connectivity index (χ1) is 11.5. The Bertz CT molecular complexity index is 707. The average molecular weight is 325 g/mol. The normalized spacial score (nSPS) is 11.5. The maximum Gasteiger partial charge on any atom is 0.265 e. The highest BCUT2D eigenvalue weighted by atomic mass is 16.5. The third-order valence-corrected chi connectivity index (χ3v) is 3.65. The Morgan fingerprint density at radius 1 is 1.12 bits per heavy atom. The third-order valence-electron chi connectivity index (χ3n) is 3.65. The smallest absolute Gasteiger partial charge is 0.265 e. The van der Waals surface area contributed by atoms with Gasteiger partial charge in [0.05, 0.1) is 0 Å². The fourth-order valence-electron chi connectivity index (χ4n) is 2.08. The summed E-state index contributed by atoms with van der Waals surface area (Å²) in [5.74, 6) is 1.22. The van der Waals surface area contributed by atoms with Crippen molar-refractivity contribution in [2.24, 2.45) is 0 Å². The molecule has 0 aromatic heterocycles. The zero-order valence-electron chi connectivity index (χ0n) is 14.3. The zero-order valence-corrected chi connectivity index (χ0v) is 14.3. The minimum atomic E-state index is -0.594. The molecule has 0 unspecified atom stereocenters. The van der Waals surface area contributed by atoms with Crippen molar-refractivity contribution in [3.63, 3.8) is 0 Å². The molecule has 1 atom stereocenters. The molecule has 0 spiro atoms. The molecule has 4 nitrogen and oxygen atoms in total. The van der Waals surface area contributed by atoms with E-state index in [9.17, 15) is 4.79 Å². The van der Waals surface area contributed by atoms with Gasteiger partial charge < -0.3 is 14.8 Å². The summed E-state index contributed by atoms with van der Waals surface area (Å²) >= 11 is 0. The van der Waals surface area contributed by atoms with Gasteiger partial charge >= 0.3 is 0 Å². The first-order valence-electron chi connectivity index (χ1n) is 7.88. The van der Waals surface area contributed by atoms with Gasteiger partial charge in [0.1, 0.15) is 18.1 Å². The molecule has 0 bridgehead atoms. The highest BCUT2D eigenvalue weighted by Crippen LogP contribution is 2.19. The molecule has 0 saturated heterocycles. The molecule has 2 aromatic carbocycles. The number of anilines is 1. The predicted molar refractivity (Wildman–Crippen MR) is 96.8 cm³/mol. The van der Waals surface area contributed by atoms with E-state index in [1.165, 1.54) is 5.56 Å². The molecule has 0 heterocycles. The van der Waals surface area contributed by atoms with E-state index in [0.717, 1.165) is 11.3 Å². The van der Waals surface area contributed by atoms with E-state index in [1.807, 2.05) is 32.0 Å². The van der Waals surface area contributed by atoms with E-state index in [0.29, 0.717) is 18.0 Å². The number of ether oxygens (including phenoxy) is 2. The second-order valence-electron chi connectivity index (χ2n) is 5.62. The van der Waals surface area contributed by atoms with E-state index in [-0.39, 0.29) is 5.91 Å². The van der Waals surface area contributed by atoms with E-state index in [2.05, 4.69) is 11.9 Å². The Morgan fingerprint density at radius 2 is 1.79 bits per heavy atom. The van der Waals surface area contributed by atoms with Crippen LogP contribution in [0.1, 0.15) is 18.1 Å². The van der Waals surface area contributed by atoms with Crippen LogP contribution in [-0.2, 0) is 4.79 Å². The maximum atomic E-state index is 12.2. The van der Waals surface area contributed by atoms with Crippen molar-refractivity contribution in [3.05, 3.63) is 66.2 Å². The topological polar surface area (TPSA) is 47.6 Å². The lowest BCUT2D eigenvalue weighted by Gasteiger charge is -2.16. The lowest BCUT2D eigenvalue weighted by atomic mass is 10.1. The van der Waals surface area contributed by atoms with Gasteiger partial charge in [0.2, 0.25) is 0 Å². The van der Waals surface area contributed by atoms with Crippen LogP contribution in [0.4, 0.5) is 5.69 Å². The largest absolute Gasteiger partial charge is 0.490 e. The molecule has 2 rings (SSSR count). The summed E-state index contributed by atoms with van der Waals surface area (Å²) in [6, 6.07) is 13.0. The van der Waals surface area contributed by atoms with Gasteiger partial charge in [-0.15, -0.1) is 0 Å². The summed E-state index contributed by atoms with van der Waals surface area (Å²) in [6.07, 6.45) is 1.09. The number of hydrogen-bond acceptors (Lipinski definition) is 3. The molecule has 2 aromatic rings. The number of hydrogen-bond donors (Lipinski definition) is 1. The highest BCUT2D eigenvalue weighted by Gasteiger charge is 2.15. The Labute approximate surface area is 143 Å². The van der Waals surface area contributed by atoms with E-state index in [1.54, 1.807) is 37.3 Å². The lowest BCUT2D eigenvalue weighted by molar-refractivity contribution is -0.122. The van der Waals surface area contributed by atoms with Crippen LogP contribution >= 0.6 is 0 Å². The van der Waals surface area contributed by atoms with Crippen LogP contribution in [0, 0.1) is 13.8 Å². The fourth-order valence-corrected chi connectivity index (χ4v) is 2.08. The first kappa shape index (κ1) is 17.6. The van der Waals surface area contributed by atoms with Crippen molar-refractivity contribution >= 4 is 11.6 Å². The molecule has 0 aliphatic heterocycles. The van der Waals surface area contributed by atoms with Crippen molar-refractivity contribution < 1.29 is 14.3 Å². The van der Waals surface area contributed by atoms with Gasteiger partial charge in [0.15, 0.2) is 6.10 Å². The Kier molecular flexibility index (Phi) is 6.01. The molecule has 4 heteroatoms. The van der Waals surface area contributed by atoms with Gasteiger partial charge in [-0.3, -0.25) is 4.79 Å². The molecule has 0 saturated carbocycles. The number of benzene rings is 2. The van der Waals surface area contributed by atoms with Gasteiger partial charge in [-0.25, -0.2) is 0 Å². The molecule has 0 aliphatic rings. The van der Waals surface area contributed by atoms with Crippen LogP contribution in [0.5, 0.6) is 11.5 Å². The number of carbonyl (C=O) groups is 1. The van der Waals surface area contributed by atoms with Crippen molar-refractivity contribution in [2.75, 3.05) is 11.9 Å². The van der Waals surface area contributed by atoms with Gasteiger partial charge in [0.25, 0.3) is 5.91 Å². The standard InChI is InChI=1S/C20H23NO3/c1-5-12-23-18-10-7-17(8-11-18)21-20(22)16(4)24-19-9-6-14(2)15(3)13-19/h5-11,13,16H,1,12H2,2-4H3,(H,21,22)/t16-/m1/s1. The third kappa shape index (κ3) is 4.88. The van der Waals surface area contributed by atoms with Crippen molar-refractivity contribution in [2.45, 2.75) is 26.9 Å². The fraction of sp³-hybridized carbons (Fsp3) is 0.250. The lowest BCUT2D eigenvalue weighted by Crippen LogP contribution is -2.30. The monoisotopic (exact) mass is 325 g/mol. The second-order valence-corrected chi connectivity index (χ2v) is 5.62. The number of amides is 1. The molecule has 0 aliphatic carbocycles. The average Bonchev–Trinajstić information content (AvgIpc) is 2.57. The SMILES string of the molecule is C=CCOc1ccc(NC(=O)[C@@H](C)Oc2ccc(C)c(C)c2)cc1. The first-order valence-corrected chi connectivity index (χ1v) is 7.88. The molecule has 0 fully saturated rings. The minimum absolute atomic E-state index is 0.201. The van der Waals surface area contributed by atoms with E-state index >= 15 is 0 Å². The van der Waals surface area contributed by atoms with Crippen molar-refractivity contribution in [1.82, 2.24) is 0 Å². The van der Waals surface area contributed by atoms with Crippen LogP contribution in [0.25, 0.3) is 0 Å². The summed E-state index contributed by atoms with van der Waals surface area (Å²) in [4.78, 5) is 12.2. The summed E-state index contributed by atoms with van der Waals surface area (Å²) in [6.45, 7) is 9.84. The molecular weight excluding hydrogens is 302 g/mol. The summed E-state index contributed by atoms with van der Waals surface area (Å²) < 4.78 is 11.1. The molecule has 24 heavy (non-hydrogen) atoms. The van der Waals surface area contributed by atoms with Crippen molar-refractivity contribution in [3.8, 4) is 11.5 Å². The summed E-state index contributed by atoms with van der Waals surface area (Å²) in [5, 5.41) is 2.83. The Morgan fingerprint density at radius 3 is 2.42 bits per heavy atom. The van der Waals surface area contributed by atoms with Gasteiger partial charge in [0, 0.05) is 5.69 Å². The Hall–Kier alpha value is -2.75. The maximum absolute atomic E-state index is 12.2. The quantitative estimate of drug-likeness (QED) is 0.773. The van der Waals surface area contributed by atoms with Gasteiger partial charge in [-0.1, -0.05) is 18.7 Å². The summed E-state index contributed by atoms with van der Waals surface area (Å²) in [5.41, 5.74) is 3.02. The number of nitrogens with one attached hydrogen (secondary N) is 1. The molecular formula is C20H23NO3. The minimum Gasteiger partial charge on any atom is -0.490 e. The van der Waals surface area contributed by atoms with Crippen LogP contribution in [0.15, 0.2) is 55.1 Å². The summed E-state index contributed by atoms with van der Waals surface area (Å²) in [7, 11) is 0. The van der Waals surface area contributed by atoms with Crippen LogP contribution in [0.2, 0.25) is 0 Å². The van der Waals surface area contributed by atoms with E-state index in [4.69, 9.17) is 9.47 Å². The van der Waals surface area contributed by atoms with Crippen LogP contribution < -0.4 is 14.8 Å². The van der Waals surface area contributed by atoms with Crippen molar-refractivity contribution in [1.29, 1.82) is 0 Å². The molecule has 126 valence electrons. The zero-order chi connectivity index (χ0) is 17.5. The molecule has 1 N–H and O–H groups in total. The number of aryl methyl sites for hydroxylation is 2. The number of carbonyl (C=O) groups excluding carboxylic acids is 1. The number of rotatable bonds is 7.